The zero-order valence-electron chi connectivity index (χ0n) is 23.5. The number of rotatable bonds is 5. The van der Waals surface area contributed by atoms with E-state index in [-0.39, 0.29) is 23.4 Å². The SMILES string of the molecule is COC(=O)Nc1ccc2c(c1)NC(=O)CCCCC(C(=O)N(C)CCC1OC(=O)Nc3ccc(Cl)cc31)c1nc-2c(Cl)[nH]1. The standard InChI is InChI=1S/C29H30Cl2N6O6/c1-37(12-11-22-19-13-15(30)7-10-20(19)34-29(41)43-22)27(39)18-5-3-4-6-23(38)33-21-14-16(32-28(40)42-2)8-9-17(21)24-25(31)36-26(18)35-24/h7-10,13-14,18,22H,3-6,11-12H2,1-2H3,(H,32,40)(H,33,38)(H,34,41)(H,35,36). The molecule has 226 valence electrons. The third kappa shape index (κ3) is 6.86. The Kier molecular flexibility index (Phi) is 9.07. The van der Waals surface area contributed by atoms with Crippen LogP contribution in [0.15, 0.2) is 36.4 Å². The van der Waals surface area contributed by atoms with Gasteiger partial charge < -0.3 is 24.7 Å². The summed E-state index contributed by atoms with van der Waals surface area (Å²) in [7, 11) is 2.94. The molecule has 0 saturated carbocycles. The van der Waals surface area contributed by atoms with E-state index in [2.05, 4.69) is 25.7 Å². The second-order valence-corrected chi connectivity index (χ2v) is 11.1. The Labute approximate surface area is 257 Å². The molecule has 3 aromatic rings. The third-order valence-electron chi connectivity index (χ3n) is 7.38. The number of aromatic amines is 1. The first kappa shape index (κ1) is 30.2. The number of anilines is 3. The van der Waals surface area contributed by atoms with Gasteiger partial charge >= 0.3 is 12.2 Å². The quantitative estimate of drug-likeness (QED) is 0.258. The fourth-order valence-electron chi connectivity index (χ4n) is 5.18. The van der Waals surface area contributed by atoms with Crippen molar-refractivity contribution in [3.05, 3.63) is 58.0 Å². The van der Waals surface area contributed by atoms with E-state index in [1.54, 1.807) is 48.3 Å². The van der Waals surface area contributed by atoms with E-state index in [1.165, 1.54) is 7.11 Å². The smallest absolute Gasteiger partial charge is 0.412 e. The zero-order chi connectivity index (χ0) is 30.7. The second-order valence-electron chi connectivity index (χ2n) is 10.3. The van der Waals surface area contributed by atoms with Crippen molar-refractivity contribution in [1.29, 1.82) is 0 Å². The Bertz CT molecular complexity index is 1580. The first-order valence-corrected chi connectivity index (χ1v) is 14.4. The lowest BCUT2D eigenvalue weighted by atomic mass is 9.97. The van der Waals surface area contributed by atoms with Crippen LogP contribution < -0.4 is 16.0 Å². The monoisotopic (exact) mass is 628 g/mol. The van der Waals surface area contributed by atoms with Crippen molar-refractivity contribution < 1.29 is 28.7 Å². The minimum atomic E-state index is -0.656. The van der Waals surface area contributed by atoms with Gasteiger partial charge in [-0.1, -0.05) is 29.6 Å². The maximum absolute atomic E-state index is 13.8. The average molecular weight is 630 g/mol. The van der Waals surface area contributed by atoms with E-state index in [9.17, 15) is 19.2 Å². The number of cyclic esters (lactones) is 1. The highest BCUT2D eigenvalue weighted by atomic mass is 35.5. The molecule has 0 fully saturated rings. The fraction of sp³-hybridized carbons (Fsp3) is 0.345. The molecule has 4 amide bonds. The molecule has 2 bridgehead atoms. The van der Waals surface area contributed by atoms with Crippen LogP contribution >= 0.6 is 23.2 Å². The summed E-state index contributed by atoms with van der Waals surface area (Å²) in [4.78, 5) is 59.8. The first-order valence-electron chi connectivity index (χ1n) is 13.7. The number of H-pyrrole nitrogens is 1. The minimum Gasteiger partial charge on any atom is -0.453 e. The van der Waals surface area contributed by atoms with E-state index < -0.39 is 24.2 Å². The maximum atomic E-state index is 13.8. The van der Waals surface area contributed by atoms with Gasteiger partial charge in [0.2, 0.25) is 11.8 Å². The maximum Gasteiger partial charge on any atom is 0.412 e. The number of amides is 4. The Morgan fingerprint density at radius 1 is 1.12 bits per heavy atom. The third-order valence-corrected chi connectivity index (χ3v) is 7.89. The summed E-state index contributed by atoms with van der Waals surface area (Å²) in [5, 5.41) is 8.84. The van der Waals surface area contributed by atoms with Crippen LogP contribution in [0.4, 0.5) is 26.7 Å². The predicted molar refractivity (Wildman–Crippen MR) is 161 cm³/mol. The van der Waals surface area contributed by atoms with Gasteiger partial charge in [-0.05, 0) is 49.2 Å². The van der Waals surface area contributed by atoms with Crippen LogP contribution in [-0.2, 0) is 19.1 Å². The number of aromatic nitrogens is 2. The van der Waals surface area contributed by atoms with Gasteiger partial charge in [0.05, 0.1) is 24.4 Å². The Balaban J connectivity index is 1.39. The summed E-state index contributed by atoms with van der Waals surface area (Å²) in [6.07, 6.45) is 0.357. The number of nitrogens with zero attached hydrogens (tertiary/aromatic N) is 2. The summed E-state index contributed by atoms with van der Waals surface area (Å²) >= 11 is 12.8. The highest BCUT2D eigenvalue weighted by Crippen LogP contribution is 2.38. The van der Waals surface area contributed by atoms with Crippen molar-refractivity contribution in [1.82, 2.24) is 14.9 Å². The van der Waals surface area contributed by atoms with E-state index in [0.29, 0.717) is 71.4 Å². The molecule has 43 heavy (non-hydrogen) atoms. The van der Waals surface area contributed by atoms with Gasteiger partial charge in [-0.15, -0.1) is 0 Å². The number of halogens is 2. The Morgan fingerprint density at radius 2 is 1.93 bits per heavy atom. The molecule has 5 rings (SSSR count). The molecule has 0 saturated heterocycles. The lowest BCUT2D eigenvalue weighted by Crippen LogP contribution is -2.35. The van der Waals surface area contributed by atoms with Crippen LogP contribution in [0.5, 0.6) is 0 Å². The molecule has 3 heterocycles. The number of ether oxygens (including phenoxy) is 2. The van der Waals surface area contributed by atoms with E-state index in [0.717, 1.165) is 5.56 Å². The van der Waals surface area contributed by atoms with E-state index >= 15 is 0 Å². The number of benzene rings is 2. The summed E-state index contributed by atoms with van der Waals surface area (Å²) in [5.41, 5.74) is 3.03. The summed E-state index contributed by atoms with van der Waals surface area (Å²) < 4.78 is 10.2. The van der Waals surface area contributed by atoms with Gasteiger partial charge in [0.1, 0.15) is 22.8 Å². The molecular weight excluding hydrogens is 599 g/mol. The topological polar surface area (TPSA) is 155 Å². The van der Waals surface area contributed by atoms with Gasteiger partial charge in [-0.25, -0.2) is 14.6 Å². The van der Waals surface area contributed by atoms with Crippen molar-refractivity contribution in [3.63, 3.8) is 0 Å². The number of likely N-dealkylation sites (N-methyl/N-ethyl adjacent to an activating group) is 1. The first-order chi connectivity index (χ1) is 20.6. The summed E-state index contributed by atoms with van der Waals surface area (Å²) in [6.45, 7) is 0.293. The highest BCUT2D eigenvalue weighted by molar-refractivity contribution is 6.32. The zero-order valence-corrected chi connectivity index (χ0v) is 25.0. The molecule has 0 aliphatic carbocycles. The molecule has 1 aromatic heterocycles. The van der Waals surface area contributed by atoms with Crippen LogP contribution in [0, 0.1) is 0 Å². The van der Waals surface area contributed by atoms with Crippen molar-refractivity contribution in [3.8, 4) is 11.3 Å². The number of imidazole rings is 1. The van der Waals surface area contributed by atoms with Crippen molar-refractivity contribution in [2.75, 3.05) is 36.7 Å². The molecule has 0 spiro atoms. The lowest BCUT2D eigenvalue weighted by Gasteiger charge is -2.29. The van der Waals surface area contributed by atoms with Crippen LogP contribution in [0.1, 0.15) is 55.5 Å². The molecule has 14 heteroatoms. The number of methoxy groups -OCH3 is 1. The average Bonchev–Trinajstić information content (AvgIpc) is 3.35. The molecule has 0 radical (unpaired) electrons. The number of carbonyl (C=O) groups excluding carboxylic acids is 4. The minimum absolute atomic E-state index is 0.192. The van der Waals surface area contributed by atoms with Gasteiger partial charge in [0.25, 0.3) is 0 Å². The number of hydrogen-bond acceptors (Lipinski definition) is 7. The molecular formula is C29H30Cl2N6O6. The van der Waals surface area contributed by atoms with E-state index in [1.807, 2.05) is 0 Å². The number of nitrogens with one attached hydrogen (secondary N) is 4. The van der Waals surface area contributed by atoms with Gasteiger partial charge in [-0.2, -0.15) is 0 Å². The summed E-state index contributed by atoms with van der Waals surface area (Å²) in [6, 6.07) is 10.0. The normalized spacial score (nSPS) is 18.0. The van der Waals surface area contributed by atoms with Crippen LogP contribution in [0.25, 0.3) is 11.3 Å². The van der Waals surface area contributed by atoms with Gasteiger partial charge in [0, 0.05) is 48.3 Å². The molecule has 2 unspecified atom stereocenters. The number of fused-ring (bicyclic) bond motifs is 5. The second kappa shape index (κ2) is 12.9. The molecule has 12 nitrogen and oxygen atoms in total. The number of carbonyl (C=O) groups is 4. The number of hydrogen-bond donors (Lipinski definition) is 4. The summed E-state index contributed by atoms with van der Waals surface area (Å²) in [5.74, 6) is -0.666. The Hall–Kier alpha value is -4.29. The van der Waals surface area contributed by atoms with Crippen molar-refractivity contribution >= 4 is 64.3 Å². The largest absolute Gasteiger partial charge is 0.453 e. The van der Waals surface area contributed by atoms with Crippen LogP contribution in [0.3, 0.4) is 0 Å². The molecule has 2 atom stereocenters. The Morgan fingerprint density at radius 3 is 2.72 bits per heavy atom. The van der Waals surface area contributed by atoms with Gasteiger partial charge in [0.15, 0.2) is 0 Å². The molecule has 2 aliphatic rings. The predicted octanol–water partition coefficient (Wildman–Crippen LogP) is 6.31. The highest BCUT2D eigenvalue weighted by Gasteiger charge is 2.31. The lowest BCUT2D eigenvalue weighted by molar-refractivity contribution is -0.132. The van der Waals surface area contributed by atoms with E-state index in [4.69, 9.17) is 32.9 Å². The molecule has 2 aliphatic heterocycles. The van der Waals surface area contributed by atoms with Crippen LogP contribution in [-0.4, -0.2) is 59.6 Å². The van der Waals surface area contributed by atoms with Crippen molar-refractivity contribution in [2.24, 2.45) is 0 Å². The van der Waals surface area contributed by atoms with Crippen LogP contribution in [0.2, 0.25) is 10.2 Å². The molecule has 2 aromatic carbocycles. The van der Waals surface area contributed by atoms with Gasteiger partial charge in [-0.3, -0.25) is 20.2 Å². The molecule has 4 N–H and O–H groups in total. The van der Waals surface area contributed by atoms with Crippen molar-refractivity contribution in [2.45, 2.75) is 44.1 Å². The fourth-order valence-corrected chi connectivity index (χ4v) is 5.61.